The fourth-order valence-corrected chi connectivity index (χ4v) is 2.07. The van der Waals surface area contributed by atoms with Crippen LogP contribution >= 0.6 is 0 Å². The van der Waals surface area contributed by atoms with E-state index in [1.807, 2.05) is 0 Å². The van der Waals surface area contributed by atoms with Gasteiger partial charge in [-0.2, -0.15) is 13.2 Å². The molecule has 0 amide bonds. The lowest BCUT2D eigenvalue weighted by atomic mass is 10.0. The molecule has 5 N–H and O–H groups in total. The summed E-state index contributed by atoms with van der Waals surface area (Å²) >= 11 is 0. The van der Waals surface area contributed by atoms with E-state index in [-0.39, 0.29) is 6.15 Å². The van der Waals surface area contributed by atoms with Crippen LogP contribution in [0.15, 0.2) is 46.4 Å². The zero-order valence-corrected chi connectivity index (χ0v) is 19.0. The van der Waals surface area contributed by atoms with Crippen molar-refractivity contribution in [1.29, 1.82) is 0 Å². The third-order valence-corrected chi connectivity index (χ3v) is 3.50. The molecular formula is C22H40F3N2O+. The molecule has 0 radical (unpaired) electrons. The van der Waals surface area contributed by atoms with E-state index < -0.39 is 17.3 Å². The highest BCUT2D eigenvalue weighted by molar-refractivity contribution is 5.13. The Morgan fingerprint density at radius 1 is 1.14 bits per heavy atom. The summed E-state index contributed by atoms with van der Waals surface area (Å²) in [6.45, 7) is 17.5. The van der Waals surface area contributed by atoms with E-state index in [2.05, 4.69) is 72.5 Å². The van der Waals surface area contributed by atoms with Crippen molar-refractivity contribution in [2.75, 3.05) is 0 Å². The molecule has 6 heteroatoms. The number of alkyl halides is 3. The summed E-state index contributed by atoms with van der Waals surface area (Å²) in [5.74, 6) is 1.53. The first kappa shape index (κ1) is 30.9. The van der Waals surface area contributed by atoms with E-state index in [1.54, 1.807) is 0 Å². The van der Waals surface area contributed by atoms with Crippen molar-refractivity contribution in [1.82, 2.24) is 11.1 Å². The monoisotopic (exact) mass is 405 g/mol. The quantitative estimate of drug-likeness (QED) is 0.494. The molecule has 0 fully saturated rings. The molecule has 0 saturated heterocycles. The van der Waals surface area contributed by atoms with Gasteiger partial charge in [-0.1, -0.05) is 57.9 Å². The molecule has 0 aliphatic rings. The number of aromatic nitrogens is 1. The number of hydrogen-bond donors (Lipinski definition) is 2. The van der Waals surface area contributed by atoms with Crippen LogP contribution in [0.3, 0.4) is 0 Å². The molecule has 0 aliphatic heterocycles. The Kier molecular flexibility index (Phi) is 17.8. The molecule has 0 saturated carbocycles. The van der Waals surface area contributed by atoms with Crippen LogP contribution in [0.2, 0.25) is 0 Å². The van der Waals surface area contributed by atoms with Gasteiger partial charge in [0.15, 0.2) is 0 Å². The smallest absolute Gasteiger partial charge is 0.369 e. The Hall–Kier alpha value is -1.82. The summed E-state index contributed by atoms with van der Waals surface area (Å²) < 4.78 is 35.4. The molecule has 0 spiro atoms. The maximum absolute atomic E-state index is 11.8. The van der Waals surface area contributed by atoms with Crippen LogP contribution in [0.5, 0.6) is 0 Å². The predicted octanol–water partition coefficient (Wildman–Crippen LogP) is 7.77. The summed E-state index contributed by atoms with van der Waals surface area (Å²) in [5, 5.41) is 0. The van der Waals surface area contributed by atoms with Crippen LogP contribution in [-0.4, -0.2) is 4.98 Å². The third-order valence-electron chi connectivity index (χ3n) is 3.50. The first-order valence-electron chi connectivity index (χ1n) is 9.38. The number of pyridine rings is 1. The van der Waals surface area contributed by atoms with Gasteiger partial charge < -0.3 is 11.1 Å². The summed E-state index contributed by atoms with van der Waals surface area (Å²) in [7, 11) is 0. The summed E-state index contributed by atoms with van der Waals surface area (Å²) in [4.78, 5) is 12.5. The Morgan fingerprint density at radius 2 is 1.68 bits per heavy atom. The molecule has 0 aliphatic carbocycles. The second-order valence-corrected chi connectivity index (χ2v) is 7.28. The number of aromatic amines is 1. The number of rotatable bonds is 4. The van der Waals surface area contributed by atoms with Crippen LogP contribution in [0.1, 0.15) is 73.8 Å². The molecule has 0 aromatic carbocycles. The van der Waals surface area contributed by atoms with Gasteiger partial charge >= 0.3 is 6.18 Å². The lowest BCUT2D eigenvalue weighted by molar-refractivity contribution is -0.137. The Morgan fingerprint density at radius 3 is 1.89 bits per heavy atom. The molecular weight excluding hydrogens is 365 g/mol. The van der Waals surface area contributed by atoms with Crippen molar-refractivity contribution in [3.63, 3.8) is 0 Å². The highest BCUT2D eigenvalue weighted by Crippen LogP contribution is 2.27. The van der Waals surface area contributed by atoms with Gasteiger partial charge in [0.1, 0.15) is 0 Å². The minimum absolute atomic E-state index is 0. The van der Waals surface area contributed by atoms with Gasteiger partial charge in [-0.3, -0.25) is 4.79 Å². The Bertz CT molecular complexity index is 627. The summed E-state index contributed by atoms with van der Waals surface area (Å²) in [6, 6.07) is 1.32. The number of halogens is 3. The van der Waals surface area contributed by atoms with Gasteiger partial charge in [0.25, 0.3) is 0 Å². The first-order valence-corrected chi connectivity index (χ1v) is 9.38. The molecule has 0 atom stereocenters. The van der Waals surface area contributed by atoms with Crippen molar-refractivity contribution < 1.29 is 13.2 Å². The highest BCUT2D eigenvalue weighted by atomic mass is 19.4. The van der Waals surface area contributed by atoms with Crippen molar-refractivity contribution in [3.8, 4) is 0 Å². The second kappa shape index (κ2) is 16.2. The molecule has 1 rings (SSSR count). The lowest BCUT2D eigenvalue weighted by Gasteiger charge is -2.03. The lowest BCUT2D eigenvalue weighted by Crippen LogP contribution is -2.11. The van der Waals surface area contributed by atoms with Gasteiger partial charge in [-0.05, 0) is 51.5 Å². The number of allylic oxidation sites excluding steroid dienone is 4. The molecule has 1 aromatic heterocycles. The van der Waals surface area contributed by atoms with Gasteiger partial charge in [-0.25, -0.2) is 0 Å². The number of hydrogen-bond acceptors (Lipinski definition) is 1. The standard InChI is InChI=1S/2C8H16.C6H4F3NO.H3N/c2*1-5-8(4)6-7(2)3;7-6(8,9)4-1-2-10-5(11)3-4;/h6-7H,5H2,1-4H3;5,7H,6H2,1-4H3;1-3H,(H,10,11);1H3/p+1. The van der Waals surface area contributed by atoms with Crippen LogP contribution in [0.25, 0.3) is 0 Å². The summed E-state index contributed by atoms with van der Waals surface area (Å²) in [6.07, 6.45) is 3.45. The maximum Gasteiger partial charge on any atom is 0.416 e. The predicted molar refractivity (Wildman–Crippen MR) is 116 cm³/mol. The number of nitrogens with one attached hydrogen (secondary N) is 1. The van der Waals surface area contributed by atoms with E-state index in [0.717, 1.165) is 24.1 Å². The zero-order chi connectivity index (χ0) is 21.6. The fraction of sp³-hybridized carbons (Fsp3) is 0.591. The summed E-state index contributed by atoms with van der Waals surface area (Å²) in [5.41, 5.74) is 1.32. The molecule has 28 heavy (non-hydrogen) atoms. The zero-order valence-electron chi connectivity index (χ0n) is 19.0. The molecule has 3 nitrogen and oxygen atoms in total. The van der Waals surface area contributed by atoms with E-state index in [4.69, 9.17) is 0 Å². The van der Waals surface area contributed by atoms with E-state index in [0.29, 0.717) is 6.07 Å². The van der Waals surface area contributed by atoms with Gasteiger partial charge in [0.2, 0.25) is 5.56 Å². The van der Waals surface area contributed by atoms with Crippen LogP contribution < -0.4 is 11.7 Å². The van der Waals surface area contributed by atoms with Crippen molar-refractivity contribution in [3.05, 3.63) is 57.5 Å². The van der Waals surface area contributed by atoms with Crippen molar-refractivity contribution in [2.24, 2.45) is 11.8 Å². The van der Waals surface area contributed by atoms with Gasteiger partial charge in [-0.15, -0.1) is 0 Å². The molecule has 164 valence electrons. The van der Waals surface area contributed by atoms with Crippen molar-refractivity contribution >= 4 is 0 Å². The Balaban J connectivity index is -0.000000337. The SMILES string of the molecule is CC=C(C)CC(C)C.CCC(C)=CC(C)C.O=c1cc(C(F)(F)F)cc[nH]1.[NH4+]. The van der Waals surface area contributed by atoms with Gasteiger partial charge in [0, 0.05) is 12.3 Å². The van der Waals surface area contributed by atoms with Crippen LogP contribution in [0, 0.1) is 11.8 Å². The topological polar surface area (TPSA) is 69.4 Å². The second-order valence-electron chi connectivity index (χ2n) is 7.28. The van der Waals surface area contributed by atoms with Gasteiger partial charge in [0.05, 0.1) is 5.56 Å². The van der Waals surface area contributed by atoms with E-state index in [1.165, 1.54) is 24.0 Å². The molecule has 1 heterocycles. The number of H-pyrrole nitrogens is 1. The van der Waals surface area contributed by atoms with E-state index in [9.17, 15) is 18.0 Å². The average Bonchev–Trinajstić information content (AvgIpc) is 2.54. The molecule has 1 aromatic rings. The average molecular weight is 406 g/mol. The first-order chi connectivity index (χ1) is 12.3. The minimum atomic E-state index is -4.44. The fourth-order valence-electron chi connectivity index (χ4n) is 2.07. The molecule has 0 unspecified atom stereocenters. The molecule has 0 bridgehead atoms. The number of quaternary nitrogens is 1. The normalized spacial score (nSPS) is 11.9. The van der Waals surface area contributed by atoms with Crippen molar-refractivity contribution in [2.45, 2.75) is 74.4 Å². The minimum Gasteiger partial charge on any atom is -0.369 e. The van der Waals surface area contributed by atoms with E-state index >= 15 is 0 Å². The van der Waals surface area contributed by atoms with Crippen LogP contribution in [-0.2, 0) is 6.18 Å². The highest BCUT2D eigenvalue weighted by Gasteiger charge is 2.30. The third kappa shape index (κ3) is 19.0. The Labute approximate surface area is 168 Å². The largest absolute Gasteiger partial charge is 0.416 e. The maximum atomic E-state index is 11.8. The van der Waals surface area contributed by atoms with Crippen LogP contribution in [0.4, 0.5) is 13.2 Å².